The highest BCUT2D eigenvalue weighted by atomic mass is 79.9. The van der Waals surface area contributed by atoms with Crippen molar-refractivity contribution in [3.05, 3.63) is 64.5 Å². The molecule has 0 atom stereocenters. The second-order valence-electron chi connectivity index (χ2n) is 5.00. The first-order valence-electron chi connectivity index (χ1n) is 6.91. The summed E-state index contributed by atoms with van der Waals surface area (Å²) in [6, 6.07) is 13.5. The number of hydrogen-bond donors (Lipinski definition) is 0. The zero-order chi connectivity index (χ0) is 16.6. The van der Waals surface area contributed by atoms with E-state index in [-0.39, 0.29) is 11.7 Å². The summed E-state index contributed by atoms with van der Waals surface area (Å²) in [6.07, 6.45) is 0. The molecule has 2 aromatic carbocycles. The monoisotopic (exact) mass is 376 g/mol. The molecular weight excluding hydrogens is 363 g/mol. The quantitative estimate of drug-likeness (QED) is 0.643. The van der Waals surface area contributed by atoms with Gasteiger partial charge in [-0.05, 0) is 42.5 Å². The molecule has 6 heteroatoms. The van der Waals surface area contributed by atoms with Gasteiger partial charge in [0.1, 0.15) is 11.5 Å². The van der Waals surface area contributed by atoms with Crippen LogP contribution in [0.1, 0.15) is 10.5 Å². The SMILES string of the molecule is CON(C)C(=O)c1cc2c(Br)cccc2n1-c1ccc(F)cc1. The molecule has 0 N–H and O–H groups in total. The minimum atomic E-state index is -0.326. The molecule has 0 bridgehead atoms. The van der Waals surface area contributed by atoms with Crippen molar-refractivity contribution < 1.29 is 14.0 Å². The van der Waals surface area contributed by atoms with Crippen LogP contribution in [0.5, 0.6) is 0 Å². The molecular formula is C17H14BrFN2O2. The molecule has 0 saturated carbocycles. The highest BCUT2D eigenvalue weighted by Crippen LogP contribution is 2.30. The van der Waals surface area contributed by atoms with Gasteiger partial charge in [-0.3, -0.25) is 9.63 Å². The Hall–Kier alpha value is -2.18. The number of benzene rings is 2. The van der Waals surface area contributed by atoms with Crippen molar-refractivity contribution in [3.8, 4) is 5.69 Å². The second kappa shape index (κ2) is 6.14. The molecule has 0 spiro atoms. The molecule has 0 radical (unpaired) electrons. The molecule has 118 valence electrons. The lowest BCUT2D eigenvalue weighted by molar-refractivity contribution is -0.0761. The van der Waals surface area contributed by atoms with Crippen LogP contribution < -0.4 is 0 Å². The average Bonchev–Trinajstić information content (AvgIpc) is 2.95. The predicted octanol–water partition coefficient (Wildman–Crippen LogP) is 4.17. The number of carbonyl (C=O) groups is 1. The number of hydroxylamine groups is 2. The normalized spacial score (nSPS) is 11.0. The molecule has 1 heterocycles. The Kier molecular flexibility index (Phi) is 4.19. The first-order valence-corrected chi connectivity index (χ1v) is 7.70. The first kappa shape index (κ1) is 15.7. The van der Waals surface area contributed by atoms with Crippen LogP contribution in [-0.4, -0.2) is 29.7 Å². The van der Waals surface area contributed by atoms with Crippen LogP contribution in [0.25, 0.3) is 16.6 Å². The summed E-state index contributed by atoms with van der Waals surface area (Å²) in [5, 5.41) is 2.05. The first-order chi connectivity index (χ1) is 11.0. The molecule has 23 heavy (non-hydrogen) atoms. The van der Waals surface area contributed by atoms with E-state index in [2.05, 4.69) is 15.9 Å². The van der Waals surface area contributed by atoms with Crippen LogP contribution in [0.4, 0.5) is 4.39 Å². The summed E-state index contributed by atoms with van der Waals surface area (Å²) < 4.78 is 15.9. The van der Waals surface area contributed by atoms with Gasteiger partial charge in [-0.2, -0.15) is 0 Å². The molecule has 3 aromatic rings. The molecule has 1 aromatic heterocycles. The van der Waals surface area contributed by atoms with Gasteiger partial charge in [0.25, 0.3) is 5.91 Å². The number of aromatic nitrogens is 1. The standard InChI is InChI=1S/C17H14BrFN2O2/c1-20(23-2)17(22)16-10-13-14(18)4-3-5-15(13)21(16)12-8-6-11(19)7-9-12/h3-10H,1-2H3. The van der Waals surface area contributed by atoms with E-state index in [1.54, 1.807) is 29.8 Å². The average molecular weight is 377 g/mol. The summed E-state index contributed by atoms with van der Waals surface area (Å²) >= 11 is 3.50. The Bertz CT molecular complexity index is 874. The number of halogens is 2. The third-order valence-electron chi connectivity index (χ3n) is 3.66. The van der Waals surface area contributed by atoms with Gasteiger partial charge in [0.15, 0.2) is 0 Å². The Morgan fingerprint density at radius 3 is 2.57 bits per heavy atom. The minimum absolute atomic E-state index is 0.292. The number of nitrogens with zero attached hydrogens (tertiary/aromatic N) is 2. The molecule has 0 saturated heterocycles. The van der Waals surface area contributed by atoms with E-state index in [1.165, 1.54) is 19.2 Å². The van der Waals surface area contributed by atoms with Crippen molar-refractivity contribution in [1.29, 1.82) is 0 Å². The third-order valence-corrected chi connectivity index (χ3v) is 4.35. The van der Waals surface area contributed by atoms with Crippen LogP contribution in [-0.2, 0) is 4.84 Å². The van der Waals surface area contributed by atoms with Crippen molar-refractivity contribution in [2.24, 2.45) is 0 Å². The van der Waals surface area contributed by atoms with Crippen LogP contribution in [0.15, 0.2) is 53.0 Å². The van der Waals surface area contributed by atoms with E-state index in [9.17, 15) is 9.18 Å². The van der Waals surface area contributed by atoms with Gasteiger partial charge in [-0.15, -0.1) is 0 Å². The lowest BCUT2D eigenvalue weighted by Crippen LogP contribution is -2.27. The Morgan fingerprint density at radius 1 is 1.22 bits per heavy atom. The molecule has 0 aliphatic carbocycles. The molecule has 4 nitrogen and oxygen atoms in total. The van der Waals surface area contributed by atoms with Crippen LogP contribution in [0, 0.1) is 5.82 Å². The topological polar surface area (TPSA) is 34.5 Å². The number of fused-ring (bicyclic) bond motifs is 1. The fourth-order valence-electron chi connectivity index (χ4n) is 2.46. The van der Waals surface area contributed by atoms with Crippen molar-refractivity contribution in [2.75, 3.05) is 14.2 Å². The second-order valence-corrected chi connectivity index (χ2v) is 5.85. The number of rotatable bonds is 3. The maximum atomic E-state index is 13.2. The van der Waals surface area contributed by atoms with Gasteiger partial charge >= 0.3 is 0 Å². The van der Waals surface area contributed by atoms with Crippen molar-refractivity contribution in [2.45, 2.75) is 0 Å². The third kappa shape index (κ3) is 2.75. The molecule has 0 aliphatic rings. The van der Waals surface area contributed by atoms with Crippen LogP contribution >= 0.6 is 15.9 Å². The molecule has 3 rings (SSSR count). The molecule has 0 unspecified atom stereocenters. The number of amides is 1. The molecule has 1 amide bonds. The number of hydrogen-bond acceptors (Lipinski definition) is 2. The Balaban J connectivity index is 2.30. The predicted molar refractivity (Wildman–Crippen MR) is 90.0 cm³/mol. The fourth-order valence-corrected chi connectivity index (χ4v) is 2.93. The van der Waals surface area contributed by atoms with Gasteiger partial charge in [0.05, 0.1) is 12.6 Å². The van der Waals surface area contributed by atoms with E-state index in [4.69, 9.17) is 4.84 Å². The van der Waals surface area contributed by atoms with Gasteiger partial charge in [-0.1, -0.05) is 22.0 Å². The van der Waals surface area contributed by atoms with Gasteiger partial charge < -0.3 is 4.57 Å². The van der Waals surface area contributed by atoms with E-state index in [0.717, 1.165) is 20.4 Å². The zero-order valence-corrected chi connectivity index (χ0v) is 14.2. The lowest BCUT2D eigenvalue weighted by atomic mass is 10.2. The highest BCUT2D eigenvalue weighted by molar-refractivity contribution is 9.10. The summed E-state index contributed by atoms with van der Waals surface area (Å²) in [5.41, 5.74) is 1.98. The fraction of sp³-hybridized carbons (Fsp3) is 0.118. The molecule has 0 fully saturated rings. The smallest absolute Gasteiger partial charge is 0.294 e. The Morgan fingerprint density at radius 2 is 1.91 bits per heavy atom. The van der Waals surface area contributed by atoms with Crippen LogP contribution in [0.3, 0.4) is 0 Å². The van der Waals surface area contributed by atoms with E-state index >= 15 is 0 Å². The zero-order valence-electron chi connectivity index (χ0n) is 12.6. The maximum absolute atomic E-state index is 13.2. The van der Waals surface area contributed by atoms with E-state index < -0.39 is 0 Å². The van der Waals surface area contributed by atoms with E-state index in [0.29, 0.717) is 11.4 Å². The summed E-state index contributed by atoms with van der Waals surface area (Å²) in [7, 11) is 2.97. The van der Waals surface area contributed by atoms with Crippen LogP contribution in [0.2, 0.25) is 0 Å². The largest absolute Gasteiger partial charge is 0.305 e. The maximum Gasteiger partial charge on any atom is 0.294 e. The summed E-state index contributed by atoms with van der Waals surface area (Å²) in [6.45, 7) is 0. The number of carbonyl (C=O) groups excluding carboxylic acids is 1. The van der Waals surface area contributed by atoms with Crippen molar-refractivity contribution in [1.82, 2.24) is 9.63 Å². The summed E-state index contributed by atoms with van der Waals surface area (Å²) in [5.74, 6) is -0.617. The highest BCUT2D eigenvalue weighted by Gasteiger charge is 2.21. The molecule has 0 aliphatic heterocycles. The summed E-state index contributed by atoms with van der Waals surface area (Å²) in [4.78, 5) is 17.6. The van der Waals surface area contributed by atoms with Gasteiger partial charge in [0.2, 0.25) is 0 Å². The van der Waals surface area contributed by atoms with Gasteiger partial charge in [-0.25, -0.2) is 9.45 Å². The lowest BCUT2D eigenvalue weighted by Gasteiger charge is -2.16. The van der Waals surface area contributed by atoms with E-state index in [1.807, 2.05) is 18.2 Å². The van der Waals surface area contributed by atoms with Crippen molar-refractivity contribution >= 4 is 32.7 Å². The van der Waals surface area contributed by atoms with Gasteiger partial charge in [0, 0.05) is 22.6 Å². The Labute approximate surface area is 141 Å². The van der Waals surface area contributed by atoms with Crippen molar-refractivity contribution in [3.63, 3.8) is 0 Å². The minimum Gasteiger partial charge on any atom is -0.305 e.